The summed E-state index contributed by atoms with van der Waals surface area (Å²) in [6, 6.07) is 7.93. The molecule has 6 nitrogen and oxygen atoms in total. The van der Waals surface area contributed by atoms with Gasteiger partial charge >= 0.3 is 5.97 Å². The summed E-state index contributed by atoms with van der Waals surface area (Å²) in [6.45, 7) is 0.666. The fraction of sp³-hybridized carbons (Fsp3) is 0.417. The molecule has 18 heavy (non-hydrogen) atoms. The van der Waals surface area contributed by atoms with Gasteiger partial charge in [0.05, 0.1) is 4.92 Å². The highest BCUT2D eigenvalue weighted by atomic mass is 16.6. The van der Waals surface area contributed by atoms with E-state index in [1.807, 2.05) is 0 Å². The van der Waals surface area contributed by atoms with E-state index in [1.165, 1.54) is 12.1 Å². The van der Waals surface area contributed by atoms with Crippen molar-refractivity contribution in [3.63, 3.8) is 0 Å². The molecule has 0 unspecified atom stereocenters. The van der Waals surface area contributed by atoms with Crippen molar-refractivity contribution < 1.29 is 14.8 Å². The molecule has 1 rings (SSSR count). The molecular weight excluding hydrogens is 236 g/mol. The van der Waals surface area contributed by atoms with E-state index in [2.05, 4.69) is 0 Å². The first-order valence-electron chi connectivity index (χ1n) is 5.69. The minimum atomic E-state index is -0.716. The smallest absolute Gasteiger partial charge is 0.303 e. The van der Waals surface area contributed by atoms with Crippen molar-refractivity contribution >= 4 is 11.7 Å². The number of rotatable bonds is 6. The van der Waals surface area contributed by atoms with E-state index < -0.39 is 10.9 Å². The average Bonchev–Trinajstić information content (AvgIpc) is 2.36. The topological polar surface area (TPSA) is 106 Å². The zero-order valence-electron chi connectivity index (χ0n) is 10.1. The Balaban J connectivity index is 0.000000321. The van der Waals surface area contributed by atoms with Gasteiger partial charge in [-0.2, -0.15) is 0 Å². The van der Waals surface area contributed by atoms with Crippen LogP contribution in [0.3, 0.4) is 0 Å². The number of carbonyl (C=O) groups is 1. The van der Waals surface area contributed by atoms with Crippen LogP contribution in [0.1, 0.15) is 25.7 Å². The second-order valence-electron chi connectivity index (χ2n) is 3.59. The number of nitro groups is 1. The fourth-order valence-corrected chi connectivity index (χ4v) is 1.15. The van der Waals surface area contributed by atoms with Crippen LogP contribution in [0.4, 0.5) is 5.69 Å². The third kappa shape index (κ3) is 9.29. The number of nitro benzene ring substituents is 1. The lowest BCUT2D eigenvalue weighted by Crippen LogP contribution is -1.99. The summed E-state index contributed by atoms with van der Waals surface area (Å²) < 4.78 is 0. The van der Waals surface area contributed by atoms with Crippen molar-refractivity contribution in [2.45, 2.75) is 25.7 Å². The molecule has 0 radical (unpaired) electrons. The number of hydrogen-bond acceptors (Lipinski definition) is 4. The first kappa shape index (κ1) is 16.1. The van der Waals surface area contributed by atoms with Gasteiger partial charge in [0.15, 0.2) is 0 Å². The molecule has 0 fully saturated rings. The van der Waals surface area contributed by atoms with E-state index in [-0.39, 0.29) is 12.1 Å². The molecule has 0 heterocycles. The minimum absolute atomic E-state index is 0.137. The Morgan fingerprint density at radius 1 is 1.22 bits per heavy atom. The Kier molecular flexibility index (Phi) is 9.11. The molecule has 0 spiro atoms. The summed E-state index contributed by atoms with van der Waals surface area (Å²) in [5.41, 5.74) is 5.33. The van der Waals surface area contributed by atoms with E-state index in [1.54, 1.807) is 18.2 Å². The number of hydrogen-bond donors (Lipinski definition) is 2. The van der Waals surface area contributed by atoms with Gasteiger partial charge in [-0.1, -0.05) is 24.6 Å². The fourth-order valence-electron chi connectivity index (χ4n) is 1.15. The van der Waals surface area contributed by atoms with Gasteiger partial charge in [0.25, 0.3) is 5.69 Å². The maximum Gasteiger partial charge on any atom is 0.303 e. The second-order valence-corrected chi connectivity index (χ2v) is 3.59. The molecule has 0 saturated carbocycles. The van der Waals surface area contributed by atoms with Crippen LogP contribution in [0.25, 0.3) is 0 Å². The Bertz CT molecular complexity index is 354. The van der Waals surface area contributed by atoms with E-state index in [0.717, 1.165) is 19.3 Å². The van der Waals surface area contributed by atoms with E-state index >= 15 is 0 Å². The molecule has 1 aromatic carbocycles. The summed E-state index contributed by atoms with van der Waals surface area (Å²) in [4.78, 5) is 19.5. The van der Waals surface area contributed by atoms with E-state index in [9.17, 15) is 14.9 Å². The van der Waals surface area contributed by atoms with E-state index in [0.29, 0.717) is 6.54 Å². The van der Waals surface area contributed by atoms with Crippen molar-refractivity contribution in [3.05, 3.63) is 40.4 Å². The van der Waals surface area contributed by atoms with E-state index in [4.69, 9.17) is 10.8 Å². The second kappa shape index (κ2) is 10.2. The van der Waals surface area contributed by atoms with Crippen molar-refractivity contribution in [3.8, 4) is 0 Å². The highest BCUT2D eigenvalue weighted by molar-refractivity contribution is 5.66. The lowest BCUT2D eigenvalue weighted by atomic mass is 10.2. The average molecular weight is 254 g/mol. The first-order valence-corrected chi connectivity index (χ1v) is 5.69. The molecule has 0 saturated heterocycles. The molecule has 0 aliphatic carbocycles. The maximum absolute atomic E-state index is 10.0. The quantitative estimate of drug-likeness (QED) is 0.459. The van der Waals surface area contributed by atoms with Gasteiger partial charge in [0.2, 0.25) is 0 Å². The standard InChI is InChI=1S/C6H5NO2.C6H13NO2/c8-7(9)6-4-2-1-3-5-6;7-5-3-1-2-4-6(8)9/h1-5H;1-5,7H2,(H,8,9). The molecule has 0 atom stereocenters. The highest BCUT2D eigenvalue weighted by Gasteiger charge is 1.98. The van der Waals surface area contributed by atoms with Crippen LogP contribution in [0.2, 0.25) is 0 Å². The lowest BCUT2D eigenvalue weighted by molar-refractivity contribution is -0.384. The van der Waals surface area contributed by atoms with Gasteiger partial charge in [-0.05, 0) is 19.4 Å². The summed E-state index contributed by atoms with van der Waals surface area (Å²) >= 11 is 0. The number of aliphatic carboxylic acids is 1. The first-order chi connectivity index (χ1) is 8.57. The number of non-ortho nitro benzene ring substituents is 1. The van der Waals surface area contributed by atoms with Gasteiger partial charge in [-0.25, -0.2) is 0 Å². The Hall–Kier alpha value is -1.95. The molecule has 100 valence electrons. The van der Waals surface area contributed by atoms with Gasteiger partial charge in [-0.15, -0.1) is 0 Å². The minimum Gasteiger partial charge on any atom is -0.481 e. The van der Waals surface area contributed by atoms with Crippen LogP contribution >= 0.6 is 0 Å². The summed E-state index contributed by atoms with van der Waals surface area (Å²) in [6.07, 6.45) is 2.91. The largest absolute Gasteiger partial charge is 0.481 e. The molecule has 6 heteroatoms. The van der Waals surface area contributed by atoms with Crippen LogP contribution in [0.15, 0.2) is 30.3 Å². The molecule has 0 aliphatic heterocycles. The maximum atomic E-state index is 10.0. The highest BCUT2D eigenvalue weighted by Crippen LogP contribution is 2.06. The van der Waals surface area contributed by atoms with Gasteiger partial charge in [-0.3, -0.25) is 14.9 Å². The van der Waals surface area contributed by atoms with Crippen molar-refractivity contribution in [1.29, 1.82) is 0 Å². The third-order valence-electron chi connectivity index (χ3n) is 2.06. The monoisotopic (exact) mass is 254 g/mol. The molecule has 0 aliphatic rings. The number of para-hydroxylation sites is 1. The molecule has 0 bridgehead atoms. The molecule has 1 aromatic rings. The predicted molar refractivity (Wildman–Crippen MR) is 68.3 cm³/mol. The number of carboxylic acids is 1. The number of unbranched alkanes of at least 4 members (excludes halogenated alkanes) is 2. The molecule has 0 aromatic heterocycles. The van der Waals surface area contributed by atoms with Gasteiger partial charge in [0.1, 0.15) is 0 Å². The SMILES string of the molecule is NCCCCCC(=O)O.O=[N+]([O-])c1ccccc1. The molecule has 0 amide bonds. The van der Waals surface area contributed by atoms with Crippen LogP contribution in [0.5, 0.6) is 0 Å². The number of benzene rings is 1. The van der Waals surface area contributed by atoms with Crippen LogP contribution in [-0.4, -0.2) is 22.5 Å². The molecule has 3 N–H and O–H groups in total. The zero-order chi connectivity index (χ0) is 13.8. The van der Waals surface area contributed by atoms with Crippen LogP contribution < -0.4 is 5.73 Å². The van der Waals surface area contributed by atoms with Gasteiger partial charge in [0, 0.05) is 18.6 Å². The normalized spacial score (nSPS) is 9.17. The van der Waals surface area contributed by atoms with Crippen molar-refractivity contribution in [2.24, 2.45) is 5.73 Å². The van der Waals surface area contributed by atoms with Gasteiger partial charge < -0.3 is 10.8 Å². The predicted octanol–water partition coefficient (Wildman–Crippen LogP) is 2.18. The third-order valence-corrected chi connectivity index (χ3v) is 2.06. The number of carboxylic acid groups (broad SMARTS) is 1. The number of nitrogens with zero attached hydrogens (tertiary/aromatic N) is 1. The molecular formula is C12H18N2O4. The Morgan fingerprint density at radius 3 is 2.22 bits per heavy atom. The lowest BCUT2D eigenvalue weighted by Gasteiger charge is -1.93. The summed E-state index contributed by atoms with van der Waals surface area (Å²) in [5, 5.41) is 18.2. The summed E-state index contributed by atoms with van der Waals surface area (Å²) in [7, 11) is 0. The van der Waals surface area contributed by atoms with Crippen LogP contribution in [0, 0.1) is 10.1 Å². The van der Waals surface area contributed by atoms with Crippen molar-refractivity contribution in [1.82, 2.24) is 0 Å². The van der Waals surface area contributed by atoms with Crippen molar-refractivity contribution in [2.75, 3.05) is 6.54 Å². The number of nitrogens with two attached hydrogens (primary N) is 1. The summed E-state index contributed by atoms with van der Waals surface area (Å²) in [5.74, 6) is -0.716. The Labute approximate surface area is 106 Å². The zero-order valence-corrected chi connectivity index (χ0v) is 10.1. The Morgan fingerprint density at radius 2 is 1.83 bits per heavy atom. The van der Waals surface area contributed by atoms with Crippen LogP contribution in [-0.2, 0) is 4.79 Å².